The maximum Gasteiger partial charge on any atom is 0.329 e. The smallest absolute Gasteiger partial charge is 0.329 e. The van der Waals surface area contributed by atoms with Crippen molar-refractivity contribution in [1.29, 1.82) is 0 Å². The minimum Gasteiger partial charge on any atom is -0.458 e. The summed E-state index contributed by atoms with van der Waals surface area (Å²) in [6, 6.07) is 2.25. The van der Waals surface area contributed by atoms with Crippen LogP contribution in [0.2, 0.25) is 0 Å². The molecular formula is C18H29N3O3. The molecule has 0 unspecified atom stereocenters. The third-order valence-electron chi connectivity index (χ3n) is 3.37. The standard InChI is InChI=1S/C18H29N3O3/c1-5-6-9-15(17(23)24-18(2,3)4)21-16(22)14(19)11-13-8-7-10-20-12-13/h7-8,10,12,14-15H,5-6,9,11,19H2,1-4H3,(H,21,22)/t14-,15-/m0/s1. The Morgan fingerprint density at radius 2 is 2.08 bits per heavy atom. The van der Waals surface area contributed by atoms with Gasteiger partial charge in [0, 0.05) is 12.4 Å². The van der Waals surface area contributed by atoms with E-state index in [2.05, 4.69) is 10.3 Å². The maximum atomic E-state index is 12.3. The molecule has 24 heavy (non-hydrogen) atoms. The van der Waals surface area contributed by atoms with Gasteiger partial charge in [0.15, 0.2) is 0 Å². The second kappa shape index (κ2) is 9.37. The molecule has 0 radical (unpaired) electrons. The highest BCUT2D eigenvalue weighted by Crippen LogP contribution is 2.12. The van der Waals surface area contributed by atoms with Gasteiger partial charge in [-0.3, -0.25) is 9.78 Å². The van der Waals surface area contributed by atoms with E-state index in [-0.39, 0.29) is 5.91 Å². The molecule has 6 nitrogen and oxygen atoms in total. The number of ether oxygens (including phenoxy) is 1. The second-order valence-electron chi connectivity index (χ2n) is 6.91. The van der Waals surface area contributed by atoms with E-state index in [4.69, 9.17) is 10.5 Å². The molecule has 2 atom stereocenters. The number of carbonyl (C=O) groups is 2. The molecule has 1 aromatic heterocycles. The Morgan fingerprint density at radius 3 is 2.62 bits per heavy atom. The molecule has 0 aliphatic carbocycles. The van der Waals surface area contributed by atoms with Crippen LogP contribution in [0.25, 0.3) is 0 Å². The Morgan fingerprint density at radius 1 is 1.38 bits per heavy atom. The summed E-state index contributed by atoms with van der Waals surface area (Å²) in [4.78, 5) is 28.6. The van der Waals surface area contributed by atoms with Gasteiger partial charge in [0.25, 0.3) is 0 Å². The summed E-state index contributed by atoms with van der Waals surface area (Å²) in [5, 5.41) is 2.74. The van der Waals surface area contributed by atoms with Crippen LogP contribution in [0, 0.1) is 0 Å². The first-order valence-electron chi connectivity index (χ1n) is 8.40. The molecule has 0 spiro atoms. The number of nitrogens with two attached hydrogens (primary N) is 1. The first-order valence-corrected chi connectivity index (χ1v) is 8.40. The summed E-state index contributed by atoms with van der Waals surface area (Å²) in [5.41, 5.74) is 6.25. The molecule has 1 heterocycles. The van der Waals surface area contributed by atoms with E-state index in [9.17, 15) is 9.59 Å². The van der Waals surface area contributed by atoms with Gasteiger partial charge >= 0.3 is 5.97 Å². The monoisotopic (exact) mass is 335 g/mol. The van der Waals surface area contributed by atoms with Crippen LogP contribution in [0.1, 0.15) is 52.5 Å². The van der Waals surface area contributed by atoms with E-state index in [1.165, 1.54) is 0 Å². The molecule has 3 N–H and O–H groups in total. The zero-order valence-electron chi connectivity index (χ0n) is 15.0. The van der Waals surface area contributed by atoms with Crippen LogP contribution in [0.5, 0.6) is 0 Å². The van der Waals surface area contributed by atoms with Crippen LogP contribution < -0.4 is 11.1 Å². The van der Waals surface area contributed by atoms with Crippen molar-refractivity contribution in [2.24, 2.45) is 5.73 Å². The fourth-order valence-corrected chi connectivity index (χ4v) is 2.17. The number of hydrogen-bond donors (Lipinski definition) is 2. The first-order chi connectivity index (χ1) is 11.2. The molecule has 0 bridgehead atoms. The van der Waals surface area contributed by atoms with Gasteiger partial charge in [-0.2, -0.15) is 0 Å². The zero-order chi connectivity index (χ0) is 18.2. The average Bonchev–Trinajstić information content (AvgIpc) is 2.50. The van der Waals surface area contributed by atoms with Gasteiger partial charge in [-0.05, 0) is 45.2 Å². The third-order valence-corrected chi connectivity index (χ3v) is 3.37. The lowest BCUT2D eigenvalue weighted by Crippen LogP contribution is -2.50. The number of pyridine rings is 1. The highest BCUT2D eigenvalue weighted by atomic mass is 16.6. The van der Waals surface area contributed by atoms with E-state index in [1.54, 1.807) is 39.2 Å². The summed E-state index contributed by atoms with van der Waals surface area (Å²) in [6.45, 7) is 7.44. The van der Waals surface area contributed by atoms with E-state index in [0.717, 1.165) is 18.4 Å². The fraction of sp³-hybridized carbons (Fsp3) is 0.611. The molecule has 0 saturated heterocycles. The lowest BCUT2D eigenvalue weighted by molar-refractivity contribution is -0.159. The van der Waals surface area contributed by atoms with Crippen molar-refractivity contribution in [3.05, 3.63) is 30.1 Å². The van der Waals surface area contributed by atoms with E-state index in [1.807, 2.05) is 13.0 Å². The predicted molar refractivity (Wildman–Crippen MR) is 93.2 cm³/mol. The predicted octanol–water partition coefficient (Wildman–Crippen LogP) is 1.97. The van der Waals surface area contributed by atoms with Crippen LogP contribution in [-0.4, -0.2) is 34.5 Å². The quantitative estimate of drug-likeness (QED) is 0.708. The Balaban J connectivity index is 2.66. The van der Waals surface area contributed by atoms with Gasteiger partial charge in [0.05, 0.1) is 6.04 Å². The summed E-state index contributed by atoms with van der Waals surface area (Å²) in [6.07, 6.45) is 6.00. The lowest BCUT2D eigenvalue weighted by Gasteiger charge is -2.25. The molecular weight excluding hydrogens is 306 g/mol. The van der Waals surface area contributed by atoms with Crippen molar-refractivity contribution in [1.82, 2.24) is 10.3 Å². The Hall–Kier alpha value is -1.95. The maximum absolute atomic E-state index is 12.3. The Labute approximate surface area is 144 Å². The van der Waals surface area contributed by atoms with Gasteiger partial charge in [0.1, 0.15) is 11.6 Å². The molecule has 0 aliphatic rings. The SMILES string of the molecule is CCCC[C@H](NC(=O)[C@@H](N)Cc1cccnc1)C(=O)OC(C)(C)C. The van der Waals surface area contributed by atoms with E-state index >= 15 is 0 Å². The van der Waals surface area contributed by atoms with Crippen molar-refractivity contribution >= 4 is 11.9 Å². The minimum atomic E-state index is -0.735. The van der Waals surface area contributed by atoms with Crippen molar-refractivity contribution in [3.63, 3.8) is 0 Å². The van der Waals surface area contributed by atoms with Crippen LogP contribution >= 0.6 is 0 Å². The molecule has 1 rings (SSSR count). The van der Waals surface area contributed by atoms with Gasteiger partial charge in [-0.15, -0.1) is 0 Å². The van der Waals surface area contributed by atoms with Crippen molar-refractivity contribution < 1.29 is 14.3 Å². The lowest BCUT2D eigenvalue weighted by atomic mass is 10.1. The topological polar surface area (TPSA) is 94.3 Å². The van der Waals surface area contributed by atoms with Crippen molar-refractivity contribution in [2.45, 2.75) is 71.1 Å². The normalized spacial score (nSPS) is 13.9. The number of nitrogens with zero attached hydrogens (tertiary/aromatic N) is 1. The molecule has 1 aromatic rings. The number of nitrogens with one attached hydrogen (secondary N) is 1. The largest absolute Gasteiger partial charge is 0.458 e. The highest BCUT2D eigenvalue weighted by Gasteiger charge is 2.27. The molecule has 0 saturated carbocycles. The average molecular weight is 335 g/mol. The molecule has 0 fully saturated rings. The molecule has 0 aromatic carbocycles. The van der Waals surface area contributed by atoms with Gasteiger partial charge in [-0.25, -0.2) is 4.79 Å². The van der Waals surface area contributed by atoms with E-state index in [0.29, 0.717) is 12.8 Å². The number of carbonyl (C=O) groups excluding carboxylic acids is 2. The van der Waals surface area contributed by atoms with Crippen LogP contribution in [0.4, 0.5) is 0 Å². The summed E-state index contributed by atoms with van der Waals surface area (Å²) in [7, 11) is 0. The minimum absolute atomic E-state index is 0.356. The van der Waals surface area contributed by atoms with Gasteiger partial charge in [-0.1, -0.05) is 25.8 Å². The number of unbranched alkanes of at least 4 members (excludes halogenated alkanes) is 1. The third kappa shape index (κ3) is 7.55. The molecule has 134 valence electrons. The fourth-order valence-electron chi connectivity index (χ4n) is 2.17. The Bertz CT molecular complexity index is 526. The zero-order valence-corrected chi connectivity index (χ0v) is 15.0. The molecule has 1 amide bonds. The first kappa shape index (κ1) is 20.1. The van der Waals surface area contributed by atoms with E-state index < -0.39 is 23.7 Å². The van der Waals surface area contributed by atoms with Crippen molar-refractivity contribution in [2.75, 3.05) is 0 Å². The summed E-state index contributed by atoms with van der Waals surface area (Å²) < 4.78 is 5.39. The van der Waals surface area contributed by atoms with Crippen LogP contribution in [0.3, 0.4) is 0 Å². The van der Waals surface area contributed by atoms with Crippen LogP contribution in [-0.2, 0) is 20.7 Å². The number of hydrogen-bond acceptors (Lipinski definition) is 5. The van der Waals surface area contributed by atoms with Gasteiger partial charge < -0.3 is 15.8 Å². The number of aromatic nitrogens is 1. The molecule has 0 aliphatic heterocycles. The van der Waals surface area contributed by atoms with Crippen molar-refractivity contribution in [3.8, 4) is 0 Å². The van der Waals surface area contributed by atoms with Gasteiger partial charge in [0.2, 0.25) is 5.91 Å². The number of rotatable bonds is 8. The van der Waals surface area contributed by atoms with Crippen LogP contribution in [0.15, 0.2) is 24.5 Å². The molecule has 6 heteroatoms. The second-order valence-corrected chi connectivity index (χ2v) is 6.91. The number of amides is 1. The summed E-state index contributed by atoms with van der Waals surface area (Å²) in [5.74, 6) is -0.774. The Kier molecular flexibility index (Phi) is 7.85. The summed E-state index contributed by atoms with van der Waals surface area (Å²) >= 11 is 0. The highest BCUT2D eigenvalue weighted by molar-refractivity contribution is 5.87. The number of esters is 1.